The summed E-state index contributed by atoms with van der Waals surface area (Å²) in [4.78, 5) is 28.7. The molecule has 1 N–H and O–H groups in total. The zero-order valence-electron chi connectivity index (χ0n) is 17.6. The van der Waals surface area contributed by atoms with Gasteiger partial charge < -0.3 is 10.2 Å². The van der Waals surface area contributed by atoms with E-state index in [1.165, 1.54) is 17.3 Å². The third-order valence-corrected chi connectivity index (χ3v) is 6.73. The van der Waals surface area contributed by atoms with Crippen LogP contribution in [0, 0.1) is 6.92 Å². The van der Waals surface area contributed by atoms with Gasteiger partial charge in [0.05, 0.1) is 5.75 Å². The number of hydrogen-bond acceptors (Lipinski definition) is 3. The van der Waals surface area contributed by atoms with Gasteiger partial charge in [0.15, 0.2) is 0 Å². The molecule has 2 aromatic carbocycles. The van der Waals surface area contributed by atoms with Gasteiger partial charge in [-0.25, -0.2) is 0 Å². The monoisotopic (exact) mass is 444 g/mol. The van der Waals surface area contributed by atoms with Crippen molar-refractivity contribution in [1.29, 1.82) is 0 Å². The molecular formula is C24H29ClN2O2S. The lowest BCUT2D eigenvalue weighted by atomic mass is 10.1. The maximum absolute atomic E-state index is 13.1. The lowest BCUT2D eigenvalue weighted by Crippen LogP contribution is -2.50. The number of carbonyl (C=O) groups excluding carboxylic acids is 2. The first kappa shape index (κ1) is 22.7. The molecule has 6 heteroatoms. The second kappa shape index (κ2) is 10.9. The van der Waals surface area contributed by atoms with Gasteiger partial charge in [-0.3, -0.25) is 9.59 Å². The summed E-state index contributed by atoms with van der Waals surface area (Å²) in [7, 11) is 0. The number of thioether (sulfide) groups is 1. The Kier molecular flexibility index (Phi) is 8.23. The number of hydrogen-bond donors (Lipinski definition) is 1. The molecule has 1 fully saturated rings. The summed E-state index contributed by atoms with van der Waals surface area (Å²) in [6, 6.07) is 15.2. The van der Waals surface area contributed by atoms with Crippen LogP contribution in [0.1, 0.15) is 43.7 Å². The predicted molar refractivity (Wildman–Crippen MR) is 124 cm³/mol. The number of benzene rings is 2. The smallest absolute Gasteiger partial charge is 0.242 e. The van der Waals surface area contributed by atoms with E-state index in [1.807, 2.05) is 56.3 Å². The molecule has 0 aromatic heterocycles. The Bertz CT molecular complexity index is 866. The van der Waals surface area contributed by atoms with Gasteiger partial charge in [-0.05, 0) is 56.5 Å². The third kappa shape index (κ3) is 6.51. The van der Waals surface area contributed by atoms with Crippen molar-refractivity contribution in [2.75, 3.05) is 5.75 Å². The second-order valence-corrected chi connectivity index (χ2v) is 9.40. The molecular weight excluding hydrogens is 416 g/mol. The molecule has 0 spiro atoms. The lowest BCUT2D eigenvalue weighted by Gasteiger charge is -2.29. The highest BCUT2D eigenvalue weighted by Gasteiger charge is 2.28. The van der Waals surface area contributed by atoms with E-state index in [4.69, 9.17) is 11.6 Å². The Hall–Kier alpha value is -1.98. The van der Waals surface area contributed by atoms with Crippen LogP contribution in [0.25, 0.3) is 0 Å². The molecule has 1 aliphatic carbocycles. The largest absolute Gasteiger partial charge is 0.352 e. The fraction of sp³-hybridized carbons (Fsp3) is 0.417. The number of nitrogens with zero attached hydrogens (tertiary/aromatic N) is 1. The van der Waals surface area contributed by atoms with E-state index in [1.54, 1.807) is 11.0 Å². The first-order chi connectivity index (χ1) is 14.4. The average Bonchev–Trinajstić information content (AvgIpc) is 3.24. The molecule has 1 atom stereocenters. The second-order valence-electron chi connectivity index (χ2n) is 7.92. The normalized spacial score (nSPS) is 15.0. The number of amides is 2. The fourth-order valence-electron chi connectivity index (χ4n) is 3.67. The Morgan fingerprint density at radius 3 is 2.53 bits per heavy atom. The van der Waals surface area contributed by atoms with Crippen LogP contribution in [0.5, 0.6) is 0 Å². The van der Waals surface area contributed by atoms with Gasteiger partial charge in [0.2, 0.25) is 11.8 Å². The van der Waals surface area contributed by atoms with Crippen LogP contribution in [0.15, 0.2) is 53.4 Å². The van der Waals surface area contributed by atoms with E-state index < -0.39 is 6.04 Å². The Balaban J connectivity index is 1.70. The van der Waals surface area contributed by atoms with Crippen molar-refractivity contribution in [2.45, 2.75) is 63.1 Å². The lowest BCUT2D eigenvalue weighted by molar-refractivity contribution is -0.138. The summed E-state index contributed by atoms with van der Waals surface area (Å²) in [5, 5.41) is 3.75. The standard InChI is InChI=1S/C24H29ClN2O2S/c1-17-10-12-22(13-11-17)30-16-23(28)27(15-19-6-5-7-20(25)14-19)18(2)24(29)26-21-8-3-4-9-21/h5-7,10-14,18,21H,3-4,8-9,15-16H2,1-2H3,(H,26,29). The summed E-state index contributed by atoms with van der Waals surface area (Å²) in [5.74, 6) is 0.136. The number of rotatable bonds is 8. The Morgan fingerprint density at radius 1 is 1.17 bits per heavy atom. The molecule has 0 aliphatic heterocycles. The van der Waals surface area contributed by atoms with E-state index >= 15 is 0 Å². The molecule has 0 radical (unpaired) electrons. The Labute approximate surface area is 188 Å². The molecule has 0 bridgehead atoms. The van der Waals surface area contributed by atoms with Crippen molar-refractivity contribution in [2.24, 2.45) is 0 Å². The number of halogens is 1. The number of carbonyl (C=O) groups is 2. The van der Waals surface area contributed by atoms with Gasteiger partial charge in [-0.1, -0.05) is 54.3 Å². The highest BCUT2D eigenvalue weighted by atomic mass is 35.5. The zero-order valence-corrected chi connectivity index (χ0v) is 19.1. The van der Waals surface area contributed by atoms with Crippen LogP contribution in [-0.2, 0) is 16.1 Å². The van der Waals surface area contributed by atoms with Crippen LogP contribution in [0.3, 0.4) is 0 Å². The molecule has 1 unspecified atom stereocenters. The molecule has 0 heterocycles. The predicted octanol–water partition coefficient (Wildman–Crippen LogP) is 5.22. The molecule has 30 heavy (non-hydrogen) atoms. The van der Waals surface area contributed by atoms with Crippen LogP contribution in [0.2, 0.25) is 5.02 Å². The first-order valence-electron chi connectivity index (χ1n) is 10.5. The van der Waals surface area contributed by atoms with Crippen molar-refractivity contribution in [3.05, 3.63) is 64.7 Å². The molecule has 1 saturated carbocycles. The summed E-state index contributed by atoms with van der Waals surface area (Å²) in [6.45, 7) is 4.20. The summed E-state index contributed by atoms with van der Waals surface area (Å²) in [6.07, 6.45) is 4.34. The van der Waals surface area contributed by atoms with Crippen molar-refractivity contribution in [3.63, 3.8) is 0 Å². The van der Waals surface area contributed by atoms with E-state index in [0.717, 1.165) is 36.1 Å². The molecule has 1 aliphatic rings. The fourth-order valence-corrected chi connectivity index (χ4v) is 4.67. The third-order valence-electron chi connectivity index (χ3n) is 5.49. The zero-order chi connectivity index (χ0) is 21.5. The van der Waals surface area contributed by atoms with Crippen LogP contribution < -0.4 is 5.32 Å². The molecule has 0 saturated heterocycles. The van der Waals surface area contributed by atoms with Gasteiger partial charge in [0.1, 0.15) is 6.04 Å². The molecule has 4 nitrogen and oxygen atoms in total. The van der Waals surface area contributed by atoms with Gasteiger partial charge >= 0.3 is 0 Å². The van der Waals surface area contributed by atoms with Crippen LogP contribution in [0.4, 0.5) is 0 Å². The van der Waals surface area contributed by atoms with Crippen molar-refractivity contribution >= 4 is 35.2 Å². The molecule has 2 amide bonds. The number of nitrogens with one attached hydrogen (secondary N) is 1. The van der Waals surface area contributed by atoms with E-state index in [2.05, 4.69) is 5.32 Å². The maximum atomic E-state index is 13.1. The van der Waals surface area contributed by atoms with Gasteiger partial charge in [0.25, 0.3) is 0 Å². The van der Waals surface area contributed by atoms with Gasteiger partial charge in [-0.2, -0.15) is 0 Å². The first-order valence-corrected chi connectivity index (χ1v) is 11.8. The minimum absolute atomic E-state index is 0.0605. The highest BCUT2D eigenvalue weighted by Crippen LogP contribution is 2.22. The summed E-state index contributed by atoms with van der Waals surface area (Å²) < 4.78 is 0. The van der Waals surface area contributed by atoms with Gasteiger partial charge in [0, 0.05) is 22.5 Å². The quantitative estimate of drug-likeness (QED) is 0.568. The SMILES string of the molecule is Cc1ccc(SCC(=O)N(Cc2cccc(Cl)c2)C(C)C(=O)NC2CCCC2)cc1. The van der Waals surface area contributed by atoms with E-state index in [0.29, 0.717) is 11.6 Å². The van der Waals surface area contributed by atoms with E-state index in [9.17, 15) is 9.59 Å². The van der Waals surface area contributed by atoms with Crippen molar-refractivity contribution in [3.8, 4) is 0 Å². The molecule has 160 valence electrons. The minimum atomic E-state index is -0.546. The average molecular weight is 445 g/mol. The summed E-state index contributed by atoms with van der Waals surface area (Å²) >= 11 is 7.62. The van der Waals surface area contributed by atoms with E-state index in [-0.39, 0.29) is 23.6 Å². The Morgan fingerprint density at radius 2 is 1.87 bits per heavy atom. The van der Waals surface area contributed by atoms with Gasteiger partial charge in [-0.15, -0.1) is 11.8 Å². The van der Waals surface area contributed by atoms with Crippen LogP contribution in [-0.4, -0.2) is 34.6 Å². The van der Waals surface area contributed by atoms with Crippen molar-refractivity contribution in [1.82, 2.24) is 10.2 Å². The summed E-state index contributed by atoms with van der Waals surface area (Å²) in [5.41, 5.74) is 2.10. The molecule has 2 aromatic rings. The minimum Gasteiger partial charge on any atom is -0.352 e. The molecule has 3 rings (SSSR count). The topological polar surface area (TPSA) is 49.4 Å². The number of aryl methyl sites for hydroxylation is 1. The maximum Gasteiger partial charge on any atom is 0.242 e. The van der Waals surface area contributed by atoms with Crippen LogP contribution >= 0.6 is 23.4 Å². The van der Waals surface area contributed by atoms with Crippen molar-refractivity contribution < 1.29 is 9.59 Å². The highest BCUT2D eigenvalue weighted by molar-refractivity contribution is 8.00.